The van der Waals surface area contributed by atoms with E-state index in [9.17, 15) is 64.5 Å². The van der Waals surface area contributed by atoms with Gasteiger partial charge in [0, 0.05) is 12.0 Å². The maximum Gasteiger partial charge on any atom is 0.421 e. The van der Waals surface area contributed by atoms with Gasteiger partial charge in [-0.1, -0.05) is 36.4 Å². The average Bonchev–Trinajstić information content (AvgIpc) is 3.05. The molecule has 4 aromatic rings. The summed E-state index contributed by atoms with van der Waals surface area (Å²) in [6, 6.07) is 12.0. The Hall–Kier alpha value is -5.06. The number of Topliss-reactive ketones (excluding diaryl/α,β-unsaturated/α-hetero) is 1. The number of aliphatic hydroxyl groups is 2. The number of carboxylic acids is 1. The van der Waals surface area contributed by atoms with Gasteiger partial charge in [0.1, 0.15) is 0 Å². The molecule has 0 aromatic heterocycles. The van der Waals surface area contributed by atoms with Gasteiger partial charge in [-0.25, -0.2) is 13.2 Å². The number of carbonyl (C=O) groups excluding carboxylic acids is 2. The van der Waals surface area contributed by atoms with Crippen molar-refractivity contribution in [1.82, 2.24) is 0 Å². The Bertz CT molecular complexity index is 2280. The van der Waals surface area contributed by atoms with E-state index in [1.165, 1.54) is 32.9 Å². The van der Waals surface area contributed by atoms with Crippen molar-refractivity contribution in [3.8, 4) is 0 Å². The SMILES string of the molecule is Cc1cc(Cc2cc(C)c(CC(=O)c3ccc(S(=O)(=O)c4ccc(C(N)=O)c(C(=O)O)c4)cc3)c(C(C)(O)C(F)(F)F)c2)cc(C(C)(O)C(F)(F)F)c1C. The number of carboxylic acid groups (broad SMARTS) is 1. The first-order valence-corrected chi connectivity index (χ1v) is 17.5. The number of primary amides is 1. The maximum atomic E-state index is 14.3. The Morgan fingerprint density at radius 1 is 0.685 bits per heavy atom. The zero-order valence-electron chi connectivity index (χ0n) is 29.4. The molecule has 4 aromatic carbocycles. The van der Waals surface area contributed by atoms with Crippen molar-refractivity contribution in [2.24, 2.45) is 5.73 Å². The highest BCUT2D eigenvalue weighted by Gasteiger charge is 2.53. The number of aromatic carboxylic acids is 1. The molecule has 0 spiro atoms. The number of nitrogens with two attached hydrogens (primary N) is 1. The fraction of sp³-hybridized carbons (Fsp3) is 0.289. The van der Waals surface area contributed by atoms with Crippen molar-refractivity contribution in [3.05, 3.63) is 128 Å². The van der Waals surface area contributed by atoms with Crippen molar-refractivity contribution >= 4 is 27.5 Å². The number of alkyl halides is 6. The van der Waals surface area contributed by atoms with E-state index in [1.807, 2.05) is 0 Å². The Kier molecular flexibility index (Phi) is 11.0. The quantitative estimate of drug-likeness (QED) is 0.0951. The van der Waals surface area contributed by atoms with Crippen LogP contribution in [0.2, 0.25) is 0 Å². The summed E-state index contributed by atoms with van der Waals surface area (Å²) in [5.41, 5.74) is -2.98. The predicted octanol–water partition coefficient (Wildman–Crippen LogP) is 6.80. The molecule has 0 aliphatic rings. The van der Waals surface area contributed by atoms with Gasteiger partial charge < -0.3 is 21.1 Å². The molecule has 0 aliphatic carbocycles. The molecule has 0 aliphatic heterocycles. The Balaban J connectivity index is 1.72. The Labute approximate surface area is 306 Å². The molecule has 0 saturated carbocycles. The lowest BCUT2D eigenvalue weighted by atomic mass is 9.82. The van der Waals surface area contributed by atoms with Crippen LogP contribution in [0.15, 0.2) is 76.5 Å². The zero-order valence-corrected chi connectivity index (χ0v) is 30.2. The highest BCUT2D eigenvalue weighted by atomic mass is 32.2. The van der Waals surface area contributed by atoms with E-state index < -0.39 is 84.6 Å². The van der Waals surface area contributed by atoms with E-state index in [0.29, 0.717) is 19.4 Å². The van der Waals surface area contributed by atoms with Crippen LogP contribution < -0.4 is 5.73 Å². The molecular weight excluding hydrogens is 744 g/mol. The van der Waals surface area contributed by atoms with E-state index in [1.54, 1.807) is 0 Å². The van der Waals surface area contributed by atoms with Crippen molar-refractivity contribution < 1.29 is 64.5 Å². The minimum Gasteiger partial charge on any atom is -0.478 e. The number of benzene rings is 4. The van der Waals surface area contributed by atoms with Gasteiger partial charge in [0.15, 0.2) is 17.0 Å². The van der Waals surface area contributed by atoms with Gasteiger partial charge in [0.25, 0.3) is 0 Å². The Morgan fingerprint density at radius 2 is 1.17 bits per heavy atom. The normalized spacial score (nSPS) is 14.6. The third kappa shape index (κ3) is 7.91. The number of aryl methyl sites for hydroxylation is 2. The van der Waals surface area contributed by atoms with Gasteiger partial charge in [-0.15, -0.1) is 0 Å². The minimum atomic E-state index is -5.24. The van der Waals surface area contributed by atoms with Crippen molar-refractivity contribution in [2.45, 2.75) is 80.8 Å². The van der Waals surface area contributed by atoms with E-state index in [-0.39, 0.29) is 44.7 Å². The molecule has 0 heterocycles. The summed E-state index contributed by atoms with van der Waals surface area (Å²) in [7, 11) is -4.40. The first-order chi connectivity index (χ1) is 24.6. The summed E-state index contributed by atoms with van der Waals surface area (Å²) in [5, 5.41) is 30.7. The lowest BCUT2D eigenvalue weighted by Gasteiger charge is -2.31. The number of carbonyl (C=O) groups is 3. The van der Waals surface area contributed by atoms with Crippen LogP contribution >= 0.6 is 0 Å². The molecule has 0 fully saturated rings. The number of hydrogen-bond acceptors (Lipinski definition) is 7. The van der Waals surface area contributed by atoms with Crippen LogP contribution in [0.1, 0.15) is 89.4 Å². The fourth-order valence-corrected chi connectivity index (χ4v) is 7.33. The first kappa shape index (κ1) is 41.7. The second-order valence-electron chi connectivity index (χ2n) is 13.3. The second kappa shape index (κ2) is 14.3. The summed E-state index contributed by atoms with van der Waals surface area (Å²) in [4.78, 5) is 35.8. The standard InChI is InChI=1S/C38H35F6NO8S/c1-19-12-22(15-30(21(19)3)35(4,50)37(39,40)41)14-23-13-20(2)28(31(16-23)36(5,51)38(42,43)44)18-32(46)24-6-8-25(9-7-24)54(52,53)26-10-11-27(33(45)47)29(17-26)34(48)49/h6-13,15-17,50-51H,14,18H2,1-5H3,(H2,45,47)(H,48,49). The lowest BCUT2D eigenvalue weighted by Crippen LogP contribution is -2.40. The average molecular weight is 780 g/mol. The van der Waals surface area contributed by atoms with Crippen LogP contribution in [0.4, 0.5) is 26.3 Å². The predicted molar refractivity (Wildman–Crippen MR) is 183 cm³/mol. The molecule has 4 rings (SSSR count). The van der Waals surface area contributed by atoms with Crippen LogP contribution in [0, 0.1) is 20.8 Å². The number of amides is 1. The van der Waals surface area contributed by atoms with E-state index >= 15 is 0 Å². The number of halogens is 6. The molecule has 16 heteroatoms. The molecule has 0 saturated heterocycles. The van der Waals surface area contributed by atoms with Gasteiger partial charge in [-0.2, -0.15) is 26.3 Å². The minimum absolute atomic E-state index is 0.121. The van der Waals surface area contributed by atoms with Crippen molar-refractivity contribution in [3.63, 3.8) is 0 Å². The highest BCUT2D eigenvalue weighted by molar-refractivity contribution is 7.91. The van der Waals surface area contributed by atoms with Gasteiger partial charge in [0.2, 0.25) is 15.7 Å². The summed E-state index contributed by atoms with van der Waals surface area (Å²) in [6.07, 6.45) is -11.2. The van der Waals surface area contributed by atoms with E-state index in [2.05, 4.69) is 0 Å². The molecule has 1 amide bonds. The van der Waals surface area contributed by atoms with Crippen molar-refractivity contribution in [1.29, 1.82) is 0 Å². The smallest absolute Gasteiger partial charge is 0.421 e. The molecule has 288 valence electrons. The zero-order chi connectivity index (χ0) is 40.9. The fourth-order valence-electron chi connectivity index (χ4n) is 6.05. The Morgan fingerprint density at radius 3 is 1.67 bits per heavy atom. The third-order valence-electron chi connectivity index (χ3n) is 9.44. The van der Waals surface area contributed by atoms with E-state index in [0.717, 1.165) is 54.6 Å². The lowest BCUT2D eigenvalue weighted by molar-refractivity contribution is -0.259. The largest absolute Gasteiger partial charge is 0.478 e. The maximum absolute atomic E-state index is 14.3. The molecule has 2 atom stereocenters. The van der Waals surface area contributed by atoms with Crippen LogP contribution in [0.5, 0.6) is 0 Å². The summed E-state index contributed by atoms with van der Waals surface area (Å²) in [6.45, 7) is 5.42. The molecular formula is C38H35F6NO8S. The van der Waals surface area contributed by atoms with Gasteiger partial charge in [0.05, 0.1) is 20.9 Å². The summed E-state index contributed by atoms with van der Waals surface area (Å²) < 4.78 is 111. The molecule has 0 radical (unpaired) electrons. The topological polar surface area (TPSA) is 172 Å². The molecule has 54 heavy (non-hydrogen) atoms. The number of hydrogen-bond donors (Lipinski definition) is 4. The van der Waals surface area contributed by atoms with Crippen molar-refractivity contribution in [2.75, 3.05) is 0 Å². The van der Waals surface area contributed by atoms with Crippen LogP contribution in [-0.2, 0) is 33.9 Å². The van der Waals surface area contributed by atoms with Crippen LogP contribution in [0.3, 0.4) is 0 Å². The van der Waals surface area contributed by atoms with Gasteiger partial charge in [-0.3, -0.25) is 9.59 Å². The molecule has 0 bridgehead atoms. The molecule has 5 N–H and O–H groups in total. The number of rotatable bonds is 11. The molecule has 2 unspecified atom stereocenters. The third-order valence-corrected chi connectivity index (χ3v) is 11.2. The summed E-state index contributed by atoms with van der Waals surface area (Å²) in [5.74, 6) is -3.47. The number of sulfone groups is 1. The van der Waals surface area contributed by atoms with Gasteiger partial charge in [-0.05, 0) is 116 Å². The molecule has 9 nitrogen and oxygen atoms in total. The van der Waals surface area contributed by atoms with Crippen LogP contribution in [-0.4, -0.2) is 53.7 Å². The monoisotopic (exact) mass is 779 g/mol. The second-order valence-corrected chi connectivity index (χ2v) is 15.3. The highest BCUT2D eigenvalue weighted by Crippen LogP contribution is 2.43. The summed E-state index contributed by atoms with van der Waals surface area (Å²) >= 11 is 0. The van der Waals surface area contributed by atoms with Gasteiger partial charge >= 0.3 is 18.3 Å². The van der Waals surface area contributed by atoms with E-state index in [4.69, 9.17) is 5.73 Å². The first-order valence-electron chi connectivity index (χ1n) is 16.0. The van der Waals surface area contributed by atoms with Crippen LogP contribution in [0.25, 0.3) is 0 Å². The number of ketones is 1.